The van der Waals surface area contributed by atoms with Crippen LogP contribution in [-0.4, -0.2) is 36.0 Å². The van der Waals surface area contributed by atoms with E-state index in [1.54, 1.807) is 0 Å². The maximum Gasteiger partial charge on any atom is 0.250 e. The van der Waals surface area contributed by atoms with E-state index in [0.717, 1.165) is 50.3 Å². The molecule has 2 heterocycles. The molecule has 0 radical (unpaired) electrons. The van der Waals surface area contributed by atoms with E-state index < -0.39 is 5.54 Å². The molecule has 1 saturated heterocycles. The van der Waals surface area contributed by atoms with Crippen molar-refractivity contribution in [2.75, 3.05) is 30.3 Å². The van der Waals surface area contributed by atoms with Crippen LogP contribution in [0.2, 0.25) is 0 Å². The summed E-state index contributed by atoms with van der Waals surface area (Å²) in [6, 6.07) is 24.1. The number of carbonyl (C=O) groups is 1. The van der Waals surface area contributed by atoms with Gasteiger partial charge in [0, 0.05) is 35.9 Å². The second-order valence-electron chi connectivity index (χ2n) is 7.56. The Hall–Kier alpha value is -2.63. The summed E-state index contributed by atoms with van der Waals surface area (Å²) in [4.78, 5) is 17.2. The number of rotatable bonds is 7. The lowest BCUT2D eigenvalue weighted by molar-refractivity contribution is -0.121. The topological polar surface area (TPSA) is 44.4 Å². The van der Waals surface area contributed by atoms with Crippen molar-refractivity contribution in [3.05, 3.63) is 83.1 Å². The molecule has 4 nitrogen and oxygen atoms in total. The summed E-state index contributed by atoms with van der Waals surface area (Å²) < 4.78 is 0. The monoisotopic (exact) mass is 405 g/mol. The molecule has 3 aromatic rings. The molecule has 150 valence electrons. The van der Waals surface area contributed by atoms with Gasteiger partial charge in [0.25, 0.3) is 0 Å². The highest BCUT2D eigenvalue weighted by atomic mass is 32.1. The zero-order valence-corrected chi connectivity index (χ0v) is 17.3. The number of para-hydroxylation sites is 2. The van der Waals surface area contributed by atoms with Gasteiger partial charge in [-0.1, -0.05) is 42.5 Å². The molecule has 2 N–H and O–H groups in total. The maximum atomic E-state index is 13.4. The molecule has 5 heteroatoms. The Morgan fingerprint density at radius 3 is 2.17 bits per heavy atom. The van der Waals surface area contributed by atoms with E-state index in [-0.39, 0.29) is 5.91 Å². The van der Waals surface area contributed by atoms with Gasteiger partial charge in [0.05, 0.1) is 0 Å². The first-order valence-electron chi connectivity index (χ1n) is 10.2. The number of hydrogen-bond donors (Lipinski definition) is 2. The highest BCUT2D eigenvalue weighted by Gasteiger charge is 2.41. The van der Waals surface area contributed by atoms with Crippen molar-refractivity contribution in [3.8, 4) is 0 Å². The van der Waals surface area contributed by atoms with E-state index in [2.05, 4.69) is 33.0 Å². The highest BCUT2D eigenvalue weighted by Crippen LogP contribution is 2.29. The van der Waals surface area contributed by atoms with Crippen LogP contribution in [0.25, 0.3) is 0 Å². The third-order valence-corrected chi connectivity index (χ3v) is 6.52. The third-order valence-electron chi connectivity index (χ3n) is 5.59. The summed E-state index contributed by atoms with van der Waals surface area (Å²) >= 11 is 1.82. The van der Waals surface area contributed by atoms with Crippen LogP contribution in [0.5, 0.6) is 0 Å². The number of amides is 1. The van der Waals surface area contributed by atoms with Crippen molar-refractivity contribution in [2.45, 2.75) is 24.8 Å². The van der Waals surface area contributed by atoms with Crippen LogP contribution in [0.3, 0.4) is 0 Å². The molecular weight excluding hydrogens is 378 g/mol. The van der Waals surface area contributed by atoms with Crippen molar-refractivity contribution in [1.29, 1.82) is 0 Å². The number of anilines is 2. The smallest absolute Gasteiger partial charge is 0.250 e. The average Bonchev–Trinajstić information content (AvgIpc) is 3.28. The predicted octanol–water partition coefficient (Wildman–Crippen LogP) is 4.88. The lowest BCUT2D eigenvalue weighted by atomic mass is 9.85. The van der Waals surface area contributed by atoms with Crippen LogP contribution in [0, 0.1) is 0 Å². The number of nitrogens with one attached hydrogen (secondary N) is 2. The molecule has 0 aliphatic carbocycles. The van der Waals surface area contributed by atoms with Gasteiger partial charge >= 0.3 is 0 Å². The number of carbonyl (C=O) groups excluding carboxylic acids is 1. The minimum Gasteiger partial charge on any atom is -0.371 e. The van der Waals surface area contributed by atoms with Gasteiger partial charge in [-0.05, 0) is 55.0 Å². The Morgan fingerprint density at radius 2 is 1.55 bits per heavy atom. The molecule has 0 saturated carbocycles. The molecule has 1 aromatic heterocycles. The van der Waals surface area contributed by atoms with Crippen molar-refractivity contribution < 1.29 is 4.79 Å². The number of thiophene rings is 1. The normalized spacial score (nSPS) is 16.3. The Bertz CT molecular complexity index is 888. The van der Waals surface area contributed by atoms with E-state index in [0.29, 0.717) is 0 Å². The number of nitrogens with zero attached hydrogens (tertiary/aromatic N) is 1. The van der Waals surface area contributed by atoms with Crippen molar-refractivity contribution >= 4 is 28.6 Å². The first-order chi connectivity index (χ1) is 14.2. The summed E-state index contributed by atoms with van der Waals surface area (Å²) in [7, 11) is 0. The Kier molecular flexibility index (Phi) is 6.27. The predicted molar refractivity (Wildman–Crippen MR) is 122 cm³/mol. The van der Waals surface area contributed by atoms with Gasteiger partial charge < -0.3 is 15.5 Å². The quantitative estimate of drug-likeness (QED) is 0.589. The van der Waals surface area contributed by atoms with Crippen LogP contribution < -0.4 is 10.6 Å². The van der Waals surface area contributed by atoms with Gasteiger partial charge in [-0.25, -0.2) is 0 Å². The molecular formula is C24H27N3OS. The second-order valence-corrected chi connectivity index (χ2v) is 8.60. The van der Waals surface area contributed by atoms with Gasteiger partial charge in [-0.15, -0.1) is 11.3 Å². The van der Waals surface area contributed by atoms with E-state index in [4.69, 9.17) is 0 Å². The molecule has 0 bridgehead atoms. The fourth-order valence-electron chi connectivity index (χ4n) is 3.86. The van der Waals surface area contributed by atoms with Gasteiger partial charge in [0.15, 0.2) is 0 Å². The average molecular weight is 406 g/mol. The number of likely N-dealkylation sites (tertiary alicyclic amines) is 1. The first kappa shape index (κ1) is 19.7. The summed E-state index contributed by atoms with van der Waals surface area (Å²) in [5.41, 5.74) is 1.23. The summed E-state index contributed by atoms with van der Waals surface area (Å²) in [5, 5.41) is 8.82. The molecule has 1 aliphatic rings. The van der Waals surface area contributed by atoms with Crippen LogP contribution in [0.4, 0.5) is 11.4 Å². The Morgan fingerprint density at radius 1 is 0.897 bits per heavy atom. The molecule has 0 unspecified atom stereocenters. The van der Waals surface area contributed by atoms with Gasteiger partial charge in [-0.2, -0.15) is 0 Å². The molecule has 29 heavy (non-hydrogen) atoms. The lowest BCUT2D eigenvalue weighted by Gasteiger charge is -2.41. The SMILES string of the molecule is O=C(Nc1ccccc1)C1(Nc2ccccc2)CCN(CCc2cccs2)CC1. The highest BCUT2D eigenvalue weighted by molar-refractivity contribution is 7.09. The minimum absolute atomic E-state index is 0.0467. The summed E-state index contributed by atoms with van der Waals surface area (Å²) in [6.07, 6.45) is 2.64. The van der Waals surface area contributed by atoms with Crippen LogP contribution in [-0.2, 0) is 11.2 Å². The fourth-order valence-corrected chi connectivity index (χ4v) is 4.56. The maximum absolute atomic E-state index is 13.4. The number of benzene rings is 2. The molecule has 1 aliphatic heterocycles. The Balaban J connectivity index is 1.45. The van der Waals surface area contributed by atoms with Crippen molar-refractivity contribution in [2.24, 2.45) is 0 Å². The van der Waals surface area contributed by atoms with E-state index in [1.165, 1.54) is 4.88 Å². The van der Waals surface area contributed by atoms with Crippen molar-refractivity contribution in [3.63, 3.8) is 0 Å². The van der Waals surface area contributed by atoms with E-state index in [9.17, 15) is 4.79 Å². The fraction of sp³-hybridized carbons (Fsp3) is 0.292. The van der Waals surface area contributed by atoms with Crippen LogP contribution in [0.15, 0.2) is 78.2 Å². The van der Waals surface area contributed by atoms with Crippen molar-refractivity contribution in [1.82, 2.24) is 4.90 Å². The largest absolute Gasteiger partial charge is 0.371 e. The van der Waals surface area contributed by atoms with E-state index in [1.807, 2.05) is 72.0 Å². The van der Waals surface area contributed by atoms with Gasteiger partial charge in [-0.3, -0.25) is 4.79 Å². The minimum atomic E-state index is -0.601. The zero-order valence-electron chi connectivity index (χ0n) is 16.5. The lowest BCUT2D eigenvalue weighted by Crippen LogP contribution is -2.56. The molecule has 0 spiro atoms. The van der Waals surface area contributed by atoms with Gasteiger partial charge in [0.2, 0.25) is 5.91 Å². The molecule has 0 atom stereocenters. The number of piperidine rings is 1. The molecule has 1 amide bonds. The van der Waals surface area contributed by atoms with E-state index >= 15 is 0 Å². The summed E-state index contributed by atoms with van der Waals surface area (Å²) in [6.45, 7) is 2.86. The standard InChI is InChI=1S/C24H27N3OS/c28-23(25-20-8-3-1-4-9-20)24(26-21-10-5-2-6-11-21)14-17-27(18-15-24)16-13-22-12-7-19-29-22/h1-12,19,26H,13-18H2,(H,25,28). The van der Waals surface area contributed by atoms with Crippen LogP contribution in [0.1, 0.15) is 17.7 Å². The summed E-state index contributed by atoms with van der Waals surface area (Å²) in [5.74, 6) is 0.0467. The Labute approximate surface area is 176 Å². The van der Waals surface area contributed by atoms with Crippen LogP contribution >= 0.6 is 11.3 Å². The molecule has 1 fully saturated rings. The molecule has 2 aromatic carbocycles. The molecule has 4 rings (SSSR count). The number of hydrogen-bond acceptors (Lipinski definition) is 4. The first-order valence-corrected chi connectivity index (χ1v) is 11.1. The third kappa shape index (κ3) is 5.05. The van der Waals surface area contributed by atoms with Gasteiger partial charge in [0.1, 0.15) is 5.54 Å². The second kappa shape index (κ2) is 9.25. The zero-order chi connectivity index (χ0) is 19.9.